The average molecular weight is 332 g/mol. The SMILES string of the molecule is CCCCC(CCCF)(C(=O)OC(C)(C)C)C(=O)OC(C)(C)C. The Bertz CT molecular complexity index is 353. The first-order valence-corrected chi connectivity index (χ1v) is 8.41. The molecule has 0 atom stereocenters. The number of rotatable bonds is 8. The van der Waals surface area contributed by atoms with Crippen LogP contribution in [-0.4, -0.2) is 29.8 Å². The minimum absolute atomic E-state index is 0.104. The smallest absolute Gasteiger partial charge is 0.324 e. The van der Waals surface area contributed by atoms with Crippen molar-refractivity contribution in [1.82, 2.24) is 0 Å². The molecule has 0 heterocycles. The fraction of sp³-hybridized carbons (Fsp3) is 0.889. The van der Waals surface area contributed by atoms with Gasteiger partial charge >= 0.3 is 11.9 Å². The van der Waals surface area contributed by atoms with Gasteiger partial charge in [-0.1, -0.05) is 19.8 Å². The van der Waals surface area contributed by atoms with Gasteiger partial charge in [-0.2, -0.15) is 0 Å². The van der Waals surface area contributed by atoms with Crippen LogP contribution >= 0.6 is 0 Å². The van der Waals surface area contributed by atoms with Gasteiger partial charge in [-0.25, -0.2) is 0 Å². The van der Waals surface area contributed by atoms with E-state index in [1.807, 2.05) is 6.92 Å². The lowest BCUT2D eigenvalue weighted by Gasteiger charge is -2.34. The molecule has 4 nitrogen and oxygen atoms in total. The maximum atomic E-state index is 12.8. The van der Waals surface area contributed by atoms with Gasteiger partial charge in [-0.15, -0.1) is 0 Å². The number of alkyl halides is 1. The molecule has 0 fully saturated rings. The molecule has 0 radical (unpaired) electrons. The van der Waals surface area contributed by atoms with Crippen molar-refractivity contribution in [3.63, 3.8) is 0 Å². The van der Waals surface area contributed by atoms with Crippen molar-refractivity contribution in [3.8, 4) is 0 Å². The summed E-state index contributed by atoms with van der Waals surface area (Å²) in [7, 11) is 0. The van der Waals surface area contributed by atoms with Gasteiger partial charge in [0.15, 0.2) is 5.41 Å². The number of halogens is 1. The molecule has 0 amide bonds. The summed E-state index contributed by atoms with van der Waals surface area (Å²) in [6.07, 6.45) is 2.04. The van der Waals surface area contributed by atoms with Gasteiger partial charge in [0.1, 0.15) is 11.2 Å². The van der Waals surface area contributed by atoms with E-state index in [-0.39, 0.29) is 12.8 Å². The summed E-state index contributed by atoms with van der Waals surface area (Å²) in [6.45, 7) is 11.9. The van der Waals surface area contributed by atoms with Crippen molar-refractivity contribution in [2.24, 2.45) is 5.41 Å². The van der Waals surface area contributed by atoms with Crippen LogP contribution in [0.15, 0.2) is 0 Å². The Hall–Kier alpha value is -1.13. The third kappa shape index (κ3) is 7.80. The highest BCUT2D eigenvalue weighted by molar-refractivity contribution is 6.00. The summed E-state index contributed by atoms with van der Waals surface area (Å²) >= 11 is 0. The molecule has 0 unspecified atom stereocenters. The number of unbranched alkanes of at least 4 members (excludes halogenated alkanes) is 1. The predicted molar refractivity (Wildman–Crippen MR) is 88.9 cm³/mol. The second-order valence-corrected chi connectivity index (χ2v) is 7.98. The lowest BCUT2D eigenvalue weighted by atomic mass is 9.78. The summed E-state index contributed by atoms with van der Waals surface area (Å²) in [6, 6.07) is 0. The molecule has 0 aliphatic carbocycles. The van der Waals surface area contributed by atoms with Crippen LogP contribution in [0.5, 0.6) is 0 Å². The summed E-state index contributed by atoms with van der Waals surface area (Å²) < 4.78 is 23.7. The highest BCUT2D eigenvalue weighted by atomic mass is 19.1. The Labute approximate surface area is 140 Å². The molecule has 0 rings (SSSR count). The van der Waals surface area contributed by atoms with E-state index >= 15 is 0 Å². The number of esters is 2. The van der Waals surface area contributed by atoms with E-state index in [2.05, 4.69) is 0 Å². The summed E-state index contributed by atoms with van der Waals surface area (Å²) in [4.78, 5) is 25.5. The molecule has 0 aromatic carbocycles. The molecule has 0 saturated carbocycles. The van der Waals surface area contributed by atoms with Crippen LogP contribution in [0.1, 0.15) is 80.6 Å². The van der Waals surface area contributed by atoms with Crippen LogP contribution in [0.3, 0.4) is 0 Å². The number of carbonyl (C=O) groups excluding carboxylic acids is 2. The lowest BCUT2D eigenvalue weighted by Crippen LogP contribution is -2.47. The predicted octanol–water partition coefficient (Wildman–Crippen LogP) is 4.60. The molecule has 0 aliphatic rings. The van der Waals surface area contributed by atoms with Gasteiger partial charge < -0.3 is 9.47 Å². The largest absolute Gasteiger partial charge is 0.459 e. The van der Waals surface area contributed by atoms with Crippen molar-refractivity contribution >= 4 is 11.9 Å². The minimum atomic E-state index is -1.43. The molecule has 23 heavy (non-hydrogen) atoms. The zero-order valence-electron chi connectivity index (χ0n) is 15.8. The van der Waals surface area contributed by atoms with Crippen LogP contribution in [0.25, 0.3) is 0 Å². The number of ether oxygens (including phenoxy) is 2. The molecule has 5 heteroatoms. The van der Waals surface area contributed by atoms with Gasteiger partial charge in [0.2, 0.25) is 0 Å². The molecule has 0 bridgehead atoms. The first-order chi connectivity index (χ1) is 10.4. The summed E-state index contributed by atoms with van der Waals surface area (Å²) in [5.74, 6) is -1.22. The highest BCUT2D eigenvalue weighted by Crippen LogP contribution is 2.36. The zero-order chi connectivity index (χ0) is 18.3. The van der Waals surface area contributed by atoms with Crippen LogP contribution < -0.4 is 0 Å². The van der Waals surface area contributed by atoms with E-state index in [4.69, 9.17) is 9.47 Å². The Morgan fingerprint density at radius 2 is 1.22 bits per heavy atom. The maximum absolute atomic E-state index is 12.8. The molecule has 0 spiro atoms. The highest BCUT2D eigenvalue weighted by Gasteiger charge is 2.50. The average Bonchev–Trinajstić information content (AvgIpc) is 2.35. The van der Waals surface area contributed by atoms with E-state index in [0.29, 0.717) is 12.8 Å². The first-order valence-electron chi connectivity index (χ1n) is 8.41. The summed E-state index contributed by atoms with van der Waals surface area (Å²) in [5.41, 5.74) is -2.86. The molecule has 0 aliphatic heterocycles. The standard InChI is InChI=1S/C18H33FO4/c1-8-9-11-18(12-10-13-19,14(20)22-16(2,3)4)15(21)23-17(5,6)7/h8-13H2,1-7H3. The van der Waals surface area contributed by atoms with E-state index in [1.54, 1.807) is 41.5 Å². The van der Waals surface area contributed by atoms with Crippen LogP contribution in [0, 0.1) is 5.41 Å². The quantitative estimate of drug-likeness (QED) is 0.481. The van der Waals surface area contributed by atoms with Crippen molar-refractivity contribution in [3.05, 3.63) is 0 Å². The van der Waals surface area contributed by atoms with Crippen molar-refractivity contribution in [2.45, 2.75) is 91.8 Å². The molecule has 0 aromatic rings. The Morgan fingerprint density at radius 1 is 0.826 bits per heavy atom. The van der Waals surface area contributed by atoms with E-state index < -0.39 is 35.2 Å². The lowest BCUT2D eigenvalue weighted by molar-refractivity contribution is -0.187. The molecule has 0 saturated heterocycles. The van der Waals surface area contributed by atoms with Crippen LogP contribution in [0.2, 0.25) is 0 Å². The fourth-order valence-corrected chi connectivity index (χ4v) is 2.22. The molecular weight excluding hydrogens is 299 g/mol. The molecular formula is C18H33FO4. The van der Waals surface area contributed by atoms with Gasteiger partial charge in [0.05, 0.1) is 6.67 Å². The second-order valence-electron chi connectivity index (χ2n) is 7.98. The number of hydrogen-bond donors (Lipinski definition) is 0. The number of hydrogen-bond acceptors (Lipinski definition) is 4. The van der Waals surface area contributed by atoms with Gasteiger partial charge in [-0.3, -0.25) is 14.0 Å². The molecule has 136 valence electrons. The third-order valence-corrected chi connectivity index (χ3v) is 3.27. The number of carbonyl (C=O) groups is 2. The second kappa shape index (κ2) is 8.65. The topological polar surface area (TPSA) is 52.6 Å². The van der Waals surface area contributed by atoms with Gasteiger partial charge in [0, 0.05) is 0 Å². The van der Waals surface area contributed by atoms with E-state index in [0.717, 1.165) is 6.42 Å². The van der Waals surface area contributed by atoms with Crippen molar-refractivity contribution < 1.29 is 23.5 Å². The Balaban J connectivity index is 5.64. The van der Waals surface area contributed by atoms with Crippen molar-refractivity contribution in [2.75, 3.05) is 6.67 Å². The van der Waals surface area contributed by atoms with Gasteiger partial charge in [-0.05, 0) is 60.8 Å². The Kier molecular flexibility index (Phi) is 8.22. The normalized spacial score (nSPS) is 12.9. The third-order valence-electron chi connectivity index (χ3n) is 3.27. The zero-order valence-corrected chi connectivity index (χ0v) is 15.8. The Morgan fingerprint density at radius 3 is 1.52 bits per heavy atom. The maximum Gasteiger partial charge on any atom is 0.324 e. The van der Waals surface area contributed by atoms with E-state index in [1.165, 1.54) is 0 Å². The van der Waals surface area contributed by atoms with Gasteiger partial charge in [0.25, 0.3) is 0 Å². The molecule has 0 aromatic heterocycles. The van der Waals surface area contributed by atoms with Crippen molar-refractivity contribution in [1.29, 1.82) is 0 Å². The van der Waals surface area contributed by atoms with Crippen LogP contribution in [0.4, 0.5) is 4.39 Å². The molecule has 0 N–H and O–H groups in total. The van der Waals surface area contributed by atoms with Crippen LogP contribution in [-0.2, 0) is 19.1 Å². The monoisotopic (exact) mass is 332 g/mol. The fourth-order valence-electron chi connectivity index (χ4n) is 2.22. The van der Waals surface area contributed by atoms with E-state index in [9.17, 15) is 14.0 Å². The summed E-state index contributed by atoms with van der Waals surface area (Å²) in [5, 5.41) is 0. The first kappa shape index (κ1) is 21.9. The minimum Gasteiger partial charge on any atom is -0.459 e.